The van der Waals surface area contributed by atoms with Gasteiger partial charge in [0.1, 0.15) is 10.6 Å². The number of rotatable bonds is 8. The summed E-state index contributed by atoms with van der Waals surface area (Å²) >= 11 is 7.40. The fraction of sp³-hybridized carbons (Fsp3) is 0.500. The van der Waals surface area contributed by atoms with E-state index in [1.807, 2.05) is 6.26 Å². The van der Waals surface area contributed by atoms with Crippen LogP contribution in [0.3, 0.4) is 0 Å². The van der Waals surface area contributed by atoms with Crippen LogP contribution < -0.4 is 9.46 Å². The van der Waals surface area contributed by atoms with Gasteiger partial charge in [-0.1, -0.05) is 11.6 Å². The van der Waals surface area contributed by atoms with Crippen LogP contribution in [0.25, 0.3) is 0 Å². The number of hydrogen-bond donors (Lipinski definition) is 2. The van der Waals surface area contributed by atoms with Gasteiger partial charge < -0.3 is 9.84 Å². The number of halogens is 1. The third-order valence-corrected chi connectivity index (χ3v) is 4.90. The number of thioether (sulfide) groups is 1. The van der Waals surface area contributed by atoms with E-state index in [-0.39, 0.29) is 17.2 Å². The molecular formula is C12H18ClNO4S2. The molecule has 0 saturated heterocycles. The van der Waals surface area contributed by atoms with E-state index in [9.17, 15) is 13.5 Å². The highest BCUT2D eigenvalue weighted by atomic mass is 35.5. The Labute approximate surface area is 128 Å². The van der Waals surface area contributed by atoms with E-state index in [4.69, 9.17) is 16.3 Å². The van der Waals surface area contributed by atoms with Crippen LogP contribution in [0.2, 0.25) is 5.02 Å². The molecule has 2 N–H and O–H groups in total. The first kappa shape index (κ1) is 17.6. The first-order valence-corrected chi connectivity index (χ1v) is 9.16. The largest absolute Gasteiger partial charge is 0.495 e. The number of hydrogen-bond acceptors (Lipinski definition) is 5. The van der Waals surface area contributed by atoms with E-state index in [1.165, 1.54) is 19.2 Å². The Morgan fingerprint density at radius 1 is 1.50 bits per heavy atom. The van der Waals surface area contributed by atoms with Crippen LogP contribution in [-0.4, -0.2) is 45.3 Å². The summed E-state index contributed by atoms with van der Waals surface area (Å²) in [4.78, 5) is -0.0374. The van der Waals surface area contributed by atoms with Crippen molar-refractivity contribution < 1.29 is 18.3 Å². The molecule has 1 aromatic rings. The van der Waals surface area contributed by atoms with Crippen LogP contribution in [0.5, 0.6) is 5.75 Å². The quantitative estimate of drug-likeness (QED) is 0.754. The van der Waals surface area contributed by atoms with Crippen molar-refractivity contribution >= 4 is 33.4 Å². The molecule has 5 nitrogen and oxygen atoms in total. The molecule has 0 aromatic heterocycles. The summed E-state index contributed by atoms with van der Waals surface area (Å²) in [6.45, 7) is -0.0431. The summed E-state index contributed by atoms with van der Waals surface area (Å²) in [5.74, 6) is 0.976. The maximum absolute atomic E-state index is 12.2. The Morgan fingerprint density at radius 2 is 2.20 bits per heavy atom. The van der Waals surface area contributed by atoms with Crippen LogP contribution in [0.15, 0.2) is 23.1 Å². The minimum Gasteiger partial charge on any atom is -0.495 e. The highest BCUT2D eigenvalue weighted by Crippen LogP contribution is 2.26. The standard InChI is InChI=1S/C12H18ClNO4S2/c1-18-11-4-3-9(13)7-12(11)20(16,17)14-8-10(15)5-6-19-2/h3-4,7,10,14-15H,5-6,8H2,1-2H3. The molecule has 0 radical (unpaired) electrons. The van der Waals surface area contributed by atoms with E-state index in [0.717, 1.165) is 5.75 Å². The lowest BCUT2D eigenvalue weighted by atomic mass is 10.3. The molecule has 1 unspecified atom stereocenters. The predicted octanol–water partition coefficient (Wildman–Crippen LogP) is 1.74. The van der Waals surface area contributed by atoms with Crippen molar-refractivity contribution in [3.05, 3.63) is 23.2 Å². The van der Waals surface area contributed by atoms with Crippen molar-refractivity contribution in [2.24, 2.45) is 0 Å². The number of aliphatic hydroxyl groups excluding tert-OH is 1. The Balaban J connectivity index is 2.81. The Kier molecular flexibility index (Phi) is 7.11. The molecule has 0 aliphatic carbocycles. The Hall–Kier alpha value is -0.470. The highest BCUT2D eigenvalue weighted by molar-refractivity contribution is 7.98. The predicted molar refractivity (Wildman–Crippen MR) is 82.2 cm³/mol. The van der Waals surface area contributed by atoms with Crippen LogP contribution in [0.4, 0.5) is 0 Å². The van der Waals surface area contributed by atoms with Crippen molar-refractivity contribution in [3.8, 4) is 5.75 Å². The number of benzene rings is 1. The topological polar surface area (TPSA) is 75.6 Å². The second-order valence-corrected chi connectivity index (χ2v) is 7.24. The van der Waals surface area contributed by atoms with Crippen molar-refractivity contribution in [1.29, 1.82) is 0 Å². The monoisotopic (exact) mass is 339 g/mol. The van der Waals surface area contributed by atoms with Gasteiger partial charge >= 0.3 is 0 Å². The summed E-state index contributed by atoms with van der Waals surface area (Å²) < 4.78 is 31.7. The Morgan fingerprint density at radius 3 is 2.80 bits per heavy atom. The lowest BCUT2D eigenvalue weighted by Gasteiger charge is -2.13. The molecule has 1 atom stereocenters. The van der Waals surface area contributed by atoms with Crippen molar-refractivity contribution in [2.45, 2.75) is 17.4 Å². The van der Waals surface area contributed by atoms with Gasteiger partial charge in [0.2, 0.25) is 10.0 Å². The van der Waals surface area contributed by atoms with Gasteiger partial charge in [-0.3, -0.25) is 0 Å². The summed E-state index contributed by atoms with van der Waals surface area (Å²) in [5, 5.41) is 9.97. The number of nitrogens with one attached hydrogen (secondary N) is 1. The smallest absolute Gasteiger partial charge is 0.244 e. The summed E-state index contributed by atoms with van der Waals surface area (Å²) in [6.07, 6.45) is 1.73. The molecule has 0 spiro atoms. The maximum Gasteiger partial charge on any atom is 0.244 e. The molecular weight excluding hydrogens is 322 g/mol. The normalized spacial score (nSPS) is 13.2. The molecule has 20 heavy (non-hydrogen) atoms. The van der Waals surface area contributed by atoms with Gasteiger partial charge in [-0.25, -0.2) is 13.1 Å². The van der Waals surface area contributed by atoms with Crippen molar-refractivity contribution in [2.75, 3.05) is 25.7 Å². The van der Waals surface area contributed by atoms with Gasteiger partial charge in [0.25, 0.3) is 0 Å². The van der Waals surface area contributed by atoms with Gasteiger partial charge in [0.05, 0.1) is 13.2 Å². The molecule has 0 heterocycles. The van der Waals surface area contributed by atoms with Crippen LogP contribution >= 0.6 is 23.4 Å². The number of sulfonamides is 1. The Bertz CT molecular complexity index is 536. The average molecular weight is 340 g/mol. The molecule has 1 aromatic carbocycles. The molecule has 0 saturated carbocycles. The number of aliphatic hydroxyl groups is 1. The van der Waals surface area contributed by atoms with Gasteiger partial charge in [-0.2, -0.15) is 11.8 Å². The van der Waals surface area contributed by atoms with Crippen LogP contribution in [0, 0.1) is 0 Å². The first-order chi connectivity index (χ1) is 9.40. The van der Waals surface area contributed by atoms with Crippen LogP contribution in [-0.2, 0) is 10.0 Å². The van der Waals surface area contributed by atoms with Gasteiger partial charge in [0.15, 0.2) is 0 Å². The molecule has 1 rings (SSSR count). The van der Waals surface area contributed by atoms with Gasteiger partial charge in [-0.05, 0) is 36.6 Å². The second kappa shape index (κ2) is 8.09. The lowest BCUT2D eigenvalue weighted by Crippen LogP contribution is -2.32. The highest BCUT2D eigenvalue weighted by Gasteiger charge is 2.20. The maximum atomic E-state index is 12.2. The van der Waals surface area contributed by atoms with Crippen LogP contribution in [0.1, 0.15) is 6.42 Å². The van der Waals surface area contributed by atoms with Gasteiger partial charge in [0, 0.05) is 11.6 Å². The fourth-order valence-corrected chi connectivity index (χ4v) is 3.51. The zero-order chi connectivity index (χ0) is 15.2. The molecule has 0 fully saturated rings. The zero-order valence-electron chi connectivity index (χ0n) is 11.3. The summed E-state index contributed by atoms with van der Waals surface area (Å²) in [5.41, 5.74) is 0. The molecule has 8 heteroatoms. The summed E-state index contributed by atoms with van der Waals surface area (Å²) in [6, 6.07) is 4.35. The second-order valence-electron chi connectivity index (χ2n) is 4.08. The molecule has 114 valence electrons. The molecule has 0 aliphatic rings. The summed E-state index contributed by atoms with van der Waals surface area (Å²) in [7, 11) is -2.39. The molecule has 0 amide bonds. The third-order valence-electron chi connectivity index (χ3n) is 2.58. The van der Waals surface area contributed by atoms with E-state index in [1.54, 1.807) is 17.8 Å². The van der Waals surface area contributed by atoms with E-state index in [0.29, 0.717) is 11.4 Å². The van der Waals surface area contributed by atoms with Crippen molar-refractivity contribution in [3.63, 3.8) is 0 Å². The van der Waals surface area contributed by atoms with Gasteiger partial charge in [-0.15, -0.1) is 0 Å². The van der Waals surface area contributed by atoms with E-state index >= 15 is 0 Å². The first-order valence-electron chi connectivity index (χ1n) is 5.91. The number of ether oxygens (including phenoxy) is 1. The fourth-order valence-electron chi connectivity index (χ4n) is 1.50. The minimum absolute atomic E-state index is 0.0374. The SMILES string of the molecule is COc1ccc(Cl)cc1S(=O)(=O)NCC(O)CCSC. The average Bonchev–Trinajstić information content (AvgIpc) is 2.43. The van der Waals surface area contributed by atoms with E-state index in [2.05, 4.69) is 4.72 Å². The third kappa shape index (κ3) is 5.14. The molecule has 0 aliphatic heterocycles. The zero-order valence-corrected chi connectivity index (χ0v) is 13.7. The lowest BCUT2D eigenvalue weighted by molar-refractivity contribution is 0.175. The minimum atomic E-state index is -3.77. The number of methoxy groups -OCH3 is 1. The van der Waals surface area contributed by atoms with E-state index < -0.39 is 16.1 Å². The molecule has 0 bridgehead atoms. The van der Waals surface area contributed by atoms with Crippen molar-refractivity contribution in [1.82, 2.24) is 4.72 Å².